The molecule has 31 heavy (non-hydrogen) atoms. The van der Waals surface area contributed by atoms with Crippen LogP contribution in [0.5, 0.6) is 5.75 Å². The van der Waals surface area contributed by atoms with Crippen molar-refractivity contribution in [3.05, 3.63) is 78.4 Å². The monoisotopic (exact) mass is 440 g/mol. The predicted molar refractivity (Wildman–Crippen MR) is 120 cm³/mol. The minimum Gasteiger partial charge on any atom is -0.483 e. The molecule has 0 aliphatic rings. The lowest BCUT2D eigenvalue weighted by Crippen LogP contribution is -2.33. The summed E-state index contributed by atoms with van der Waals surface area (Å²) in [7, 11) is 0. The van der Waals surface area contributed by atoms with Gasteiger partial charge in [0.25, 0.3) is 0 Å². The second-order valence-corrected chi connectivity index (χ2v) is 7.89. The first kappa shape index (κ1) is 22.6. The fraction of sp³-hybridized carbons (Fsp3) is 0.261. The lowest BCUT2D eigenvalue weighted by molar-refractivity contribution is -0.127. The van der Waals surface area contributed by atoms with E-state index in [1.165, 1.54) is 17.8 Å². The van der Waals surface area contributed by atoms with E-state index in [1.807, 2.05) is 48.7 Å². The molecule has 0 aliphatic carbocycles. The zero-order chi connectivity index (χ0) is 22.2. The fourth-order valence-corrected chi connectivity index (χ4v) is 3.82. The Morgan fingerprint density at radius 3 is 2.55 bits per heavy atom. The van der Waals surface area contributed by atoms with E-state index in [9.17, 15) is 9.18 Å². The highest BCUT2D eigenvalue weighted by Gasteiger charge is 2.19. The molecule has 0 atom stereocenters. The number of thioether (sulfide) groups is 1. The van der Waals surface area contributed by atoms with Gasteiger partial charge in [0.05, 0.1) is 5.75 Å². The number of aromatic nitrogens is 3. The first-order chi connectivity index (χ1) is 15.0. The Morgan fingerprint density at radius 1 is 1.16 bits per heavy atom. The second kappa shape index (κ2) is 10.8. The number of amides is 1. The van der Waals surface area contributed by atoms with Crippen LogP contribution in [0.1, 0.15) is 19.7 Å². The van der Waals surface area contributed by atoms with E-state index in [2.05, 4.69) is 16.8 Å². The number of carbonyl (C=O) groups excluding carboxylic acids is 1. The number of carbonyl (C=O) groups is 1. The molecule has 0 aliphatic heterocycles. The molecule has 1 aromatic heterocycles. The largest absolute Gasteiger partial charge is 0.483 e. The molecular weight excluding hydrogens is 415 g/mol. The Labute approximate surface area is 185 Å². The van der Waals surface area contributed by atoms with Gasteiger partial charge in [0.15, 0.2) is 22.5 Å². The highest BCUT2D eigenvalue weighted by Crippen LogP contribution is 2.24. The molecule has 0 saturated heterocycles. The number of likely N-dealkylation sites (N-methyl/N-ethyl adjacent to an activating group) is 1. The molecule has 0 bridgehead atoms. The van der Waals surface area contributed by atoms with Crippen molar-refractivity contribution < 1.29 is 13.9 Å². The van der Waals surface area contributed by atoms with Crippen LogP contribution in [0.15, 0.2) is 71.9 Å². The predicted octanol–water partition coefficient (Wildman–Crippen LogP) is 4.50. The maximum Gasteiger partial charge on any atom is 0.233 e. The molecule has 0 radical (unpaired) electrons. The quantitative estimate of drug-likeness (QED) is 0.343. The third-order valence-corrected chi connectivity index (χ3v) is 5.34. The third kappa shape index (κ3) is 5.95. The van der Waals surface area contributed by atoms with E-state index in [4.69, 9.17) is 4.74 Å². The summed E-state index contributed by atoms with van der Waals surface area (Å²) in [6.45, 7) is 8.90. The third-order valence-electron chi connectivity index (χ3n) is 4.43. The molecule has 0 fully saturated rings. The van der Waals surface area contributed by atoms with Gasteiger partial charge in [-0.1, -0.05) is 54.2 Å². The van der Waals surface area contributed by atoms with Gasteiger partial charge in [0.1, 0.15) is 6.61 Å². The van der Waals surface area contributed by atoms with Crippen LogP contribution in [0.4, 0.5) is 4.39 Å². The standard InChI is InChI=1S/C23H25FN4O2S/c1-4-27(14-17(2)3)22(29)16-31-23-26-25-21(28(23)18-10-6-5-7-11-18)15-30-20-13-9-8-12-19(20)24/h5-13H,2,4,14-16H2,1,3H3. The molecular formula is C23H25FN4O2S. The van der Waals surface area contributed by atoms with Gasteiger partial charge in [0, 0.05) is 18.8 Å². The van der Waals surface area contributed by atoms with Gasteiger partial charge < -0.3 is 9.64 Å². The van der Waals surface area contributed by atoms with Gasteiger partial charge in [-0.25, -0.2) is 4.39 Å². The summed E-state index contributed by atoms with van der Waals surface area (Å²) in [6, 6.07) is 15.8. The molecule has 0 spiro atoms. The van der Waals surface area contributed by atoms with Crippen LogP contribution >= 0.6 is 11.8 Å². The average molecular weight is 441 g/mol. The van der Waals surface area contributed by atoms with Gasteiger partial charge in [0.2, 0.25) is 5.91 Å². The van der Waals surface area contributed by atoms with Crippen molar-refractivity contribution in [1.29, 1.82) is 0 Å². The van der Waals surface area contributed by atoms with Gasteiger partial charge in [-0.05, 0) is 38.1 Å². The first-order valence-corrected chi connectivity index (χ1v) is 10.9. The first-order valence-electron chi connectivity index (χ1n) is 9.91. The number of nitrogens with zero attached hydrogens (tertiary/aromatic N) is 4. The summed E-state index contributed by atoms with van der Waals surface area (Å²) in [5.74, 6) is 0.444. The molecule has 6 nitrogen and oxygen atoms in total. The summed E-state index contributed by atoms with van der Waals surface area (Å²) in [6.07, 6.45) is 0. The average Bonchev–Trinajstić information content (AvgIpc) is 3.18. The topological polar surface area (TPSA) is 60.3 Å². The highest BCUT2D eigenvalue weighted by atomic mass is 32.2. The van der Waals surface area contributed by atoms with Gasteiger partial charge in [-0.15, -0.1) is 10.2 Å². The summed E-state index contributed by atoms with van der Waals surface area (Å²) in [4.78, 5) is 14.4. The minimum atomic E-state index is -0.439. The van der Waals surface area contributed by atoms with E-state index >= 15 is 0 Å². The molecule has 0 N–H and O–H groups in total. The molecule has 8 heteroatoms. The fourth-order valence-electron chi connectivity index (χ4n) is 2.95. The van der Waals surface area contributed by atoms with Crippen LogP contribution in [0, 0.1) is 5.82 Å². The maximum atomic E-state index is 13.9. The Balaban J connectivity index is 1.80. The summed E-state index contributed by atoms with van der Waals surface area (Å²) < 4.78 is 21.4. The number of hydrogen-bond donors (Lipinski definition) is 0. The van der Waals surface area contributed by atoms with Crippen LogP contribution in [0.3, 0.4) is 0 Å². The molecule has 2 aromatic carbocycles. The van der Waals surface area contributed by atoms with Crippen molar-refractivity contribution in [3.63, 3.8) is 0 Å². The van der Waals surface area contributed by atoms with Crippen molar-refractivity contribution >= 4 is 17.7 Å². The molecule has 162 valence electrons. The van der Waals surface area contributed by atoms with Gasteiger partial charge in [-0.2, -0.15) is 0 Å². The number of halogens is 1. The van der Waals surface area contributed by atoms with Gasteiger partial charge in [-0.3, -0.25) is 9.36 Å². The number of ether oxygens (including phenoxy) is 1. The maximum absolute atomic E-state index is 13.9. The SMILES string of the molecule is C=C(C)CN(CC)C(=O)CSc1nnc(COc2ccccc2F)n1-c1ccccc1. The van der Waals surface area contributed by atoms with Crippen molar-refractivity contribution in [2.24, 2.45) is 0 Å². The van der Waals surface area contributed by atoms with E-state index in [0.717, 1.165) is 11.3 Å². The Hall–Kier alpha value is -3.13. The van der Waals surface area contributed by atoms with Crippen molar-refractivity contribution in [2.75, 3.05) is 18.8 Å². The number of para-hydroxylation sites is 2. The number of benzene rings is 2. The van der Waals surface area contributed by atoms with E-state index in [-0.39, 0.29) is 24.0 Å². The lowest BCUT2D eigenvalue weighted by Gasteiger charge is -2.20. The molecule has 0 saturated carbocycles. The zero-order valence-electron chi connectivity index (χ0n) is 17.6. The van der Waals surface area contributed by atoms with Crippen LogP contribution in [0.25, 0.3) is 5.69 Å². The van der Waals surface area contributed by atoms with Crippen LogP contribution in [0.2, 0.25) is 0 Å². The zero-order valence-corrected chi connectivity index (χ0v) is 18.4. The minimum absolute atomic E-state index is 0.00210. The van der Waals surface area contributed by atoms with Crippen LogP contribution < -0.4 is 4.74 Å². The highest BCUT2D eigenvalue weighted by molar-refractivity contribution is 7.99. The normalized spacial score (nSPS) is 10.7. The number of hydrogen-bond acceptors (Lipinski definition) is 5. The summed E-state index contributed by atoms with van der Waals surface area (Å²) in [5, 5.41) is 9.06. The van der Waals surface area contributed by atoms with E-state index in [1.54, 1.807) is 23.1 Å². The lowest BCUT2D eigenvalue weighted by atomic mass is 10.3. The molecule has 3 aromatic rings. The summed E-state index contributed by atoms with van der Waals surface area (Å²) in [5.41, 5.74) is 1.77. The Kier molecular flexibility index (Phi) is 7.83. The Morgan fingerprint density at radius 2 is 1.87 bits per heavy atom. The summed E-state index contributed by atoms with van der Waals surface area (Å²) >= 11 is 1.31. The van der Waals surface area contributed by atoms with Crippen LogP contribution in [-0.2, 0) is 11.4 Å². The van der Waals surface area contributed by atoms with Crippen LogP contribution in [-0.4, -0.2) is 44.4 Å². The van der Waals surface area contributed by atoms with Crippen molar-refractivity contribution in [2.45, 2.75) is 25.6 Å². The van der Waals surface area contributed by atoms with E-state index in [0.29, 0.717) is 24.1 Å². The van der Waals surface area contributed by atoms with E-state index < -0.39 is 5.82 Å². The molecule has 0 unspecified atom stereocenters. The molecule has 1 amide bonds. The van der Waals surface area contributed by atoms with Gasteiger partial charge >= 0.3 is 0 Å². The smallest absolute Gasteiger partial charge is 0.233 e. The van der Waals surface area contributed by atoms with Crippen molar-refractivity contribution in [1.82, 2.24) is 19.7 Å². The molecule has 1 heterocycles. The Bertz CT molecular complexity index is 1040. The second-order valence-electron chi connectivity index (χ2n) is 6.94. The van der Waals surface area contributed by atoms with Crippen molar-refractivity contribution in [3.8, 4) is 11.4 Å². The number of rotatable bonds is 10. The molecule has 3 rings (SSSR count).